The van der Waals surface area contributed by atoms with E-state index < -0.39 is 17.7 Å². The van der Waals surface area contributed by atoms with Crippen LogP contribution in [-0.2, 0) is 9.53 Å². The molecule has 0 unspecified atom stereocenters. The molecule has 128 valence electrons. The number of hydrogen-bond acceptors (Lipinski definition) is 4. The molecule has 0 spiro atoms. The molecule has 0 fully saturated rings. The summed E-state index contributed by atoms with van der Waals surface area (Å²) in [4.78, 5) is 33.0. The summed E-state index contributed by atoms with van der Waals surface area (Å²) in [7, 11) is 0. The van der Waals surface area contributed by atoms with Crippen LogP contribution in [0.3, 0.4) is 0 Å². The lowest BCUT2D eigenvalue weighted by Gasteiger charge is -2.19. The van der Waals surface area contributed by atoms with E-state index in [9.17, 15) is 14.4 Å². The number of unbranched alkanes of at least 4 members (excludes halogenated alkanes) is 2. The monoisotopic (exact) mass is 317 g/mol. The lowest BCUT2D eigenvalue weighted by molar-refractivity contribution is -0.137. The lowest BCUT2D eigenvalue weighted by atomic mass is 10.2. The minimum Gasteiger partial charge on any atom is -0.481 e. The highest BCUT2D eigenvalue weighted by Gasteiger charge is 2.15. The first-order valence-corrected chi connectivity index (χ1v) is 7.41. The maximum absolute atomic E-state index is 11.4. The smallest absolute Gasteiger partial charge is 0.407 e. The zero-order valence-electron chi connectivity index (χ0n) is 13.5. The van der Waals surface area contributed by atoms with E-state index in [2.05, 4.69) is 16.0 Å². The Hall–Kier alpha value is -1.99. The first-order chi connectivity index (χ1) is 10.2. The number of nitrogens with one attached hydrogen (secondary N) is 3. The average molecular weight is 317 g/mol. The van der Waals surface area contributed by atoms with Crippen molar-refractivity contribution in [2.24, 2.45) is 0 Å². The Morgan fingerprint density at radius 2 is 1.50 bits per heavy atom. The minimum absolute atomic E-state index is 0.155. The molecule has 0 saturated carbocycles. The molecule has 0 aliphatic carbocycles. The van der Waals surface area contributed by atoms with Crippen LogP contribution in [0.15, 0.2) is 0 Å². The lowest BCUT2D eigenvalue weighted by Crippen LogP contribution is -2.41. The number of carboxylic acids is 1. The fraction of sp³-hybridized carbons (Fsp3) is 0.786. The predicted molar refractivity (Wildman–Crippen MR) is 81.7 cm³/mol. The van der Waals surface area contributed by atoms with Gasteiger partial charge in [0.05, 0.1) is 0 Å². The van der Waals surface area contributed by atoms with E-state index in [-0.39, 0.29) is 19.0 Å². The van der Waals surface area contributed by atoms with Gasteiger partial charge in [-0.05, 0) is 33.6 Å². The van der Waals surface area contributed by atoms with Crippen LogP contribution in [0.25, 0.3) is 0 Å². The van der Waals surface area contributed by atoms with Gasteiger partial charge in [-0.1, -0.05) is 6.42 Å². The molecule has 0 aromatic rings. The molecule has 0 saturated heterocycles. The largest absolute Gasteiger partial charge is 0.481 e. The maximum Gasteiger partial charge on any atom is 0.407 e. The van der Waals surface area contributed by atoms with E-state index in [0.717, 1.165) is 12.8 Å². The van der Waals surface area contributed by atoms with Crippen LogP contribution in [0.2, 0.25) is 0 Å². The fourth-order valence-corrected chi connectivity index (χ4v) is 1.50. The van der Waals surface area contributed by atoms with Gasteiger partial charge in [-0.2, -0.15) is 0 Å². The second-order valence-corrected chi connectivity index (χ2v) is 5.82. The highest BCUT2D eigenvalue weighted by atomic mass is 16.6. The van der Waals surface area contributed by atoms with Gasteiger partial charge in [-0.25, -0.2) is 9.59 Å². The quantitative estimate of drug-likeness (QED) is 0.480. The first kappa shape index (κ1) is 20.0. The van der Waals surface area contributed by atoms with Crippen LogP contribution in [0, 0.1) is 0 Å². The third-order valence-corrected chi connectivity index (χ3v) is 2.43. The molecule has 0 aliphatic heterocycles. The third kappa shape index (κ3) is 14.4. The molecule has 0 bridgehead atoms. The molecule has 22 heavy (non-hydrogen) atoms. The Kier molecular flexibility index (Phi) is 9.73. The first-order valence-electron chi connectivity index (χ1n) is 7.41. The van der Waals surface area contributed by atoms with Crippen LogP contribution >= 0.6 is 0 Å². The summed E-state index contributed by atoms with van der Waals surface area (Å²) < 4.78 is 5.04. The summed E-state index contributed by atoms with van der Waals surface area (Å²) in [6.07, 6.45) is 1.73. The normalized spacial score (nSPS) is 10.7. The Morgan fingerprint density at radius 1 is 0.909 bits per heavy atom. The number of carboxylic acid groups (broad SMARTS) is 1. The van der Waals surface area contributed by atoms with Gasteiger partial charge in [0.25, 0.3) is 0 Å². The van der Waals surface area contributed by atoms with E-state index in [1.165, 1.54) is 0 Å². The Bertz CT molecular complexity index is 366. The second-order valence-electron chi connectivity index (χ2n) is 5.82. The van der Waals surface area contributed by atoms with Crippen molar-refractivity contribution in [2.45, 2.75) is 52.1 Å². The standard InChI is InChI=1S/C14H27N3O5/c1-14(2,3)22-13(21)17-10-9-16-12(20)15-8-6-4-5-7-11(18)19/h4-10H2,1-3H3,(H,17,21)(H,18,19)(H2,15,16,20). The van der Waals surface area contributed by atoms with Gasteiger partial charge in [0.2, 0.25) is 0 Å². The van der Waals surface area contributed by atoms with Crippen molar-refractivity contribution >= 4 is 18.1 Å². The summed E-state index contributed by atoms with van der Waals surface area (Å²) in [5.41, 5.74) is -0.546. The highest BCUT2D eigenvalue weighted by Crippen LogP contribution is 2.05. The van der Waals surface area contributed by atoms with Crippen LogP contribution in [0.4, 0.5) is 9.59 Å². The summed E-state index contributed by atoms with van der Waals surface area (Å²) in [5.74, 6) is -0.803. The summed E-state index contributed by atoms with van der Waals surface area (Å²) in [6, 6.07) is -0.316. The number of urea groups is 1. The van der Waals surface area contributed by atoms with Gasteiger partial charge >= 0.3 is 18.1 Å². The zero-order chi connectivity index (χ0) is 17.0. The molecule has 0 atom stereocenters. The van der Waals surface area contributed by atoms with Gasteiger partial charge in [0, 0.05) is 26.1 Å². The van der Waals surface area contributed by atoms with E-state index in [1.807, 2.05) is 0 Å². The average Bonchev–Trinajstić information content (AvgIpc) is 2.36. The minimum atomic E-state index is -0.803. The van der Waals surface area contributed by atoms with E-state index in [0.29, 0.717) is 19.5 Å². The van der Waals surface area contributed by atoms with Crippen molar-refractivity contribution in [3.8, 4) is 0 Å². The molecule has 4 N–H and O–H groups in total. The summed E-state index contributed by atoms with van der Waals surface area (Å²) >= 11 is 0. The number of ether oxygens (including phenoxy) is 1. The number of amides is 3. The Labute approximate surface area is 131 Å². The molecule has 0 rings (SSSR count). The molecular weight excluding hydrogens is 290 g/mol. The number of aliphatic carboxylic acids is 1. The molecule has 8 nitrogen and oxygen atoms in total. The SMILES string of the molecule is CC(C)(C)OC(=O)NCCNC(=O)NCCCCCC(=O)O. The van der Waals surface area contributed by atoms with Crippen LogP contribution in [0.5, 0.6) is 0 Å². The maximum atomic E-state index is 11.4. The molecule has 0 aromatic heterocycles. The molecular formula is C14H27N3O5. The van der Waals surface area contributed by atoms with Gasteiger partial charge in [-0.15, -0.1) is 0 Å². The molecule has 8 heteroatoms. The molecule has 0 aromatic carbocycles. The van der Waals surface area contributed by atoms with Crippen LogP contribution in [-0.4, -0.2) is 48.4 Å². The third-order valence-electron chi connectivity index (χ3n) is 2.43. The summed E-state index contributed by atoms with van der Waals surface area (Å²) in [5, 5.41) is 16.2. The molecule has 0 aliphatic rings. The van der Waals surface area contributed by atoms with Crippen LogP contribution < -0.4 is 16.0 Å². The number of carbonyl (C=O) groups excluding carboxylic acids is 2. The number of rotatable bonds is 9. The highest BCUT2D eigenvalue weighted by molar-refractivity contribution is 5.73. The van der Waals surface area contributed by atoms with Crippen molar-refractivity contribution in [3.63, 3.8) is 0 Å². The van der Waals surface area contributed by atoms with Crippen molar-refractivity contribution in [3.05, 3.63) is 0 Å². The number of carbonyl (C=O) groups is 3. The van der Waals surface area contributed by atoms with Crippen molar-refractivity contribution in [2.75, 3.05) is 19.6 Å². The Balaban J connectivity index is 3.47. The van der Waals surface area contributed by atoms with E-state index in [4.69, 9.17) is 9.84 Å². The topological polar surface area (TPSA) is 117 Å². The number of alkyl carbamates (subject to hydrolysis) is 1. The predicted octanol–water partition coefficient (Wildman–Crippen LogP) is 1.46. The second kappa shape index (κ2) is 10.7. The molecule has 3 amide bonds. The number of hydrogen-bond donors (Lipinski definition) is 4. The summed E-state index contributed by atoms with van der Waals surface area (Å²) in [6.45, 7) is 6.38. The fourth-order valence-electron chi connectivity index (χ4n) is 1.50. The Morgan fingerprint density at radius 3 is 2.09 bits per heavy atom. The van der Waals surface area contributed by atoms with Crippen molar-refractivity contribution in [1.82, 2.24) is 16.0 Å². The van der Waals surface area contributed by atoms with Crippen LogP contribution in [0.1, 0.15) is 46.5 Å². The van der Waals surface area contributed by atoms with E-state index in [1.54, 1.807) is 20.8 Å². The van der Waals surface area contributed by atoms with Crippen molar-refractivity contribution < 1.29 is 24.2 Å². The zero-order valence-corrected chi connectivity index (χ0v) is 13.5. The van der Waals surface area contributed by atoms with Gasteiger partial charge < -0.3 is 25.8 Å². The van der Waals surface area contributed by atoms with Gasteiger partial charge in [0.1, 0.15) is 5.60 Å². The molecule has 0 heterocycles. The molecule has 0 radical (unpaired) electrons. The van der Waals surface area contributed by atoms with Gasteiger partial charge in [-0.3, -0.25) is 4.79 Å². The van der Waals surface area contributed by atoms with Gasteiger partial charge in [0.15, 0.2) is 0 Å². The van der Waals surface area contributed by atoms with Crippen molar-refractivity contribution in [1.29, 1.82) is 0 Å². The van der Waals surface area contributed by atoms with E-state index >= 15 is 0 Å².